The Bertz CT molecular complexity index is 1100. The number of fused-ring (bicyclic) bond motifs is 1. The molecular formula is C27H29NO4. The van der Waals surface area contributed by atoms with E-state index in [9.17, 15) is 14.7 Å². The molecule has 5 nitrogen and oxygen atoms in total. The summed E-state index contributed by atoms with van der Waals surface area (Å²) in [7, 11) is 0. The van der Waals surface area contributed by atoms with Crippen molar-refractivity contribution in [2.45, 2.75) is 57.6 Å². The molecule has 1 amide bonds. The van der Waals surface area contributed by atoms with Gasteiger partial charge >= 0.3 is 0 Å². The zero-order chi connectivity index (χ0) is 22.2. The van der Waals surface area contributed by atoms with Gasteiger partial charge in [0.15, 0.2) is 0 Å². The van der Waals surface area contributed by atoms with E-state index in [0.29, 0.717) is 18.7 Å². The zero-order valence-electron chi connectivity index (χ0n) is 18.5. The quantitative estimate of drug-likeness (QED) is 0.441. The molecule has 3 aliphatic rings. The van der Waals surface area contributed by atoms with Gasteiger partial charge in [0.2, 0.25) is 0 Å². The van der Waals surface area contributed by atoms with Crippen molar-refractivity contribution < 1.29 is 19.4 Å². The molecule has 0 spiro atoms. The number of aryl methyl sites for hydroxylation is 3. The second-order valence-corrected chi connectivity index (χ2v) is 9.13. The predicted molar refractivity (Wildman–Crippen MR) is 122 cm³/mol. The third kappa shape index (κ3) is 3.65. The molecule has 5 rings (SSSR count). The van der Waals surface area contributed by atoms with Crippen molar-refractivity contribution >= 4 is 17.4 Å². The van der Waals surface area contributed by atoms with Gasteiger partial charge in [-0.3, -0.25) is 9.59 Å². The topological polar surface area (TPSA) is 66.8 Å². The molecule has 2 saturated heterocycles. The van der Waals surface area contributed by atoms with Crippen LogP contribution in [-0.2, 0) is 27.2 Å². The molecule has 2 aromatic rings. The number of Topliss-reactive ketones (excluding diaryl/α,β-unsaturated/α-hetero) is 1. The third-order valence-electron chi connectivity index (χ3n) is 7.07. The molecule has 0 radical (unpaired) electrons. The van der Waals surface area contributed by atoms with Crippen LogP contribution >= 0.6 is 0 Å². The van der Waals surface area contributed by atoms with Crippen LogP contribution in [0.5, 0.6) is 0 Å². The van der Waals surface area contributed by atoms with Crippen LogP contribution < -0.4 is 0 Å². The molecule has 2 aromatic carbocycles. The van der Waals surface area contributed by atoms with Gasteiger partial charge in [0.25, 0.3) is 11.7 Å². The average molecular weight is 432 g/mol. The van der Waals surface area contributed by atoms with Crippen LogP contribution in [0.3, 0.4) is 0 Å². The van der Waals surface area contributed by atoms with Crippen molar-refractivity contribution in [3.63, 3.8) is 0 Å². The lowest BCUT2D eigenvalue weighted by atomic mass is 9.88. The van der Waals surface area contributed by atoms with Crippen molar-refractivity contribution in [1.82, 2.24) is 4.90 Å². The number of ether oxygens (including phenoxy) is 1. The molecule has 0 bridgehead atoms. The number of hydrogen-bond donors (Lipinski definition) is 1. The smallest absolute Gasteiger partial charge is 0.295 e. The zero-order valence-corrected chi connectivity index (χ0v) is 18.5. The van der Waals surface area contributed by atoms with Gasteiger partial charge in [0, 0.05) is 18.7 Å². The second-order valence-electron chi connectivity index (χ2n) is 9.13. The first-order chi connectivity index (χ1) is 15.5. The SMILES string of the molecule is Cc1ccccc1C1/C(=C(\O)c2ccc3c(c2)CCCC3)C(=O)C(=O)N1CC1CCCO1. The maximum atomic E-state index is 13.2. The lowest BCUT2D eigenvalue weighted by Crippen LogP contribution is -2.36. The molecule has 2 heterocycles. The Kier molecular flexibility index (Phi) is 5.60. The number of nitrogens with zero attached hydrogens (tertiary/aromatic N) is 1. The maximum absolute atomic E-state index is 13.2. The number of rotatable bonds is 4. The van der Waals surface area contributed by atoms with Crippen LogP contribution in [0, 0.1) is 6.92 Å². The number of likely N-dealkylation sites (tertiary alicyclic amines) is 1. The minimum absolute atomic E-state index is 0.0801. The first-order valence-electron chi connectivity index (χ1n) is 11.6. The number of amides is 1. The molecule has 0 saturated carbocycles. The van der Waals surface area contributed by atoms with Crippen molar-refractivity contribution in [3.8, 4) is 0 Å². The summed E-state index contributed by atoms with van der Waals surface area (Å²) in [6.45, 7) is 3.00. The van der Waals surface area contributed by atoms with Gasteiger partial charge in [-0.1, -0.05) is 36.4 Å². The summed E-state index contributed by atoms with van der Waals surface area (Å²) >= 11 is 0. The van der Waals surface area contributed by atoms with Crippen LogP contribution in [0.25, 0.3) is 5.76 Å². The number of ketones is 1. The first kappa shape index (κ1) is 21.0. The highest BCUT2D eigenvalue weighted by atomic mass is 16.5. The van der Waals surface area contributed by atoms with Crippen LogP contribution in [0.15, 0.2) is 48.0 Å². The number of carbonyl (C=O) groups excluding carboxylic acids is 2. The summed E-state index contributed by atoms with van der Waals surface area (Å²) in [5, 5.41) is 11.4. The van der Waals surface area contributed by atoms with E-state index >= 15 is 0 Å². The van der Waals surface area contributed by atoms with Gasteiger partial charge in [-0.05, 0) is 73.8 Å². The summed E-state index contributed by atoms with van der Waals surface area (Å²) in [4.78, 5) is 28.0. The Balaban J connectivity index is 1.62. The van der Waals surface area contributed by atoms with E-state index in [1.165, 1.54) is 17.5 Å². The largest absolute Gasteiger partial charge is 0.507 e. The number of benzene rings is 2. The number of carbonyl (C=O) groups is 2. The fourth-order valence-corrected chi connectivity index (χ4v) is 5.33. The van der Waals surface area contributed by atoms with E-state index < -0.39 is 17.7 Å². The number of aliphatic hydroxyl groups is 1. The standard InChI is InChI=1S/C27H29NO4/c1-17-7-2-5-11-22(17)24-23(26(30)27(31)28(24)16-21-10-6-14-32-21)25(29)20-13-12-18-8-3-4-9-19(18)15-20/h2,5,7,11-13,15,21,24,29H,3-4,6,8-10,14,16H2,1H3/b25-23+. The van der Waals surface area contributed by atoms with Crippen molar-refractivity contribution in [3.05, 3.63) is 75.9 Å². The minimum atomic E-state index is -0.619. The maximum Gasteiger partial charge on any atom is 0.295 e. The highest BCUT2D eigenvalue weighted by molar-refractivity contribution is 6.46. The molecule has 32 heavy (non-hydrogen) atoms. The highest BCUT2D eigenvalue weighted by Crippen LogP contribution is 2.41. The summed E-state index contributed by atoms with van der Waals surface area (Å²) < 4.78 is 5.77. The van der Waals surface area contributed by atoms with Crippen LogP contribution in [0.1, 0.15) is 59.5 Å². The van der Waals surface area contributed by atoms with Gasteiger partial charge in [-0.25, -0.2) is 0 Å². The number of aliphatic hydroxyl groups excluding tert-OH is 1. The Labute approximate surface area is 188 Å². The van der Waals surface area contributed by atoms with Gasteiger partial charge < -0.3 is 14.7 Å². The van der Waals surface area contributed by atoms with E-state index in [0.717, 1.165) is 43.2 Å². The third-order valence-corrected chi connectivity index (χ3v) is 7.07. The lowest BCUT2D eigenvalue weighted by molar-refractivity contribution is -0.140. The van der Waals surface area contributed by atoms with E-state index in [1.807, 2.05) is 43.3 Å². The molecule has 1 aliphatic carbocycles. The molecule has 1 N–H and O–H groups in total. The van der Waals surface area contributed by atoms with Gasteiger partial charge in [-0.15, -0.1) is 0 Å². The Morgan fingerprint density at radius 3 is 2.59 bits per heavy atom. The summed E-state index contributed by atoms with van der Waals surface area (Å²) in [6.07, 6.45) is 6.08. The minimum Gasteiger partial charge on any atom is -0.507 e. The fourth-order valence-electron chi connectivity index (χ4n) is 5.33. The molecule has 5 heteroatoms. The second kappa shape index (κ2) is 8.55. The highest BCUT2D eigenvalue weighted by Gasteiger charge is 2.47. The lowest BCUT2D eigenvalue weighted by Gasteiger charge is -2.28. The Hall–Kier alpha value is -2.92. The van der Waals surface area contributed by atoms with Crippen molar-refractivity contribution in [2.24, 2.45) is 0 Å². The molecular weight excluding hydrogens is 402 g/mol. The fraction of sp³-hybridized carbons (Fsp3) is 0.407. The van der Waals surface area contributed by atoms with E-state index in [1.54, 1.807) is 4.90 Å². The monoisotopic (exact) mass is 431 g/mol. The van der Waals surface area contributed by atoms with Crippen LogP contribution in [0.4, 0.5) is 0 Å². The predicted octanol–water partition coefficient (Wildman–Crippen LogP) is 4.47. The van der Waals surface area contributed by atoms with E-state index in [4.69, 9.17) is 4.74 Å². The molecule has 2 unspecified atom stereocenters. The van der Waals surface area contributed by atoms with Gasteiger partial charge in [0.1, 0.15) is 5.76 Å². The van der Waals surface area contributed by atoms with E-state index in [-0.39, 0.29) is 17.4 Å². The van der Waals surface area contributed by atoms with Crippen LogP contribution in [0.2, 0.25) is 0 Å². The Morgan fingerprint density at radius 2 is 1.84 bits per heavy atom. The number of hydrogen-bond acceptors (Lipinski definition) is 4. The van der Waals surface area contributed by atoms with E-state index in [2.05, 4.69) is 6.07 Å². The molecule has 2 fully saturated rings. The Morgan fingerprint density at radius 1 is 1.06 bits per heavy atom. The first-order valence-corrected chi connectivity index (χ1v) is 11.6. The van der Waals surface area contributed by atoms with Gasteiger partial charge in [-0.2, -0.15) is 0 Å². The molecule has 0 aromatic heterocycles. The normalized spacial score (nSPS) is 24.7. The molecule has 166 valence electrons. The summed E-state index contributed by atoms with van der Waals surface area (Å²) in [5.74, 6) is -1.26. The molecule has 2 atom stereocenters. The summed E-state index contributed by atoms with van der Waals surface area (Å²) in [6, 6.07) is 13.1. The summed E-state index contributed by atoms with van der Waals surface area (Å²) in [5.41, 5.74) is 5.16. The average Bonchev–Trinajstić information content (AvgIpc) is 3.41. The molecule has 2 aliphatic heterocycles. The van der Waals surface area contributed by atoms with Crippen LogP contribution in [-0.4, -0.2) is 41.0 Å². The van der Waals surface area contributed by atoms with Gasteiger partial charge in [0.05, 0.1) is 17.7 Å². The van der Waals surface area contributed by atoms with Crippen molar-refractivity contribution in [2.75, 3.05) is 13.2 Å². The van der Waals surface area contributed by atoms with Crippen molar-refractivity contribution in [1.29, 1.82) is 0 Å².